The average Bonchev–Trinajstić information content (AvgIpc) is 2.87. The second-order valence-corrected chi connectivity index (χ2v) is 6.03. The summed E-state index contributed by atoms with van der Waals surface area (Å²) in [4.78, 5) is 0. The molecular formula is C17H22N2. The van der Waals surface area contributed by atoms with Gasteiger partial charge in [-0.2, -0.15) is 0 Å². The van der Waals surface area contributed by atoms with Gasteiger partial charge in [0.1, 0.15) is 0 Å². The van der Waals surface area contributed by atoms with Gasteiger partial charge in [0, 0.05) is 0 Å². The van der Waals surface area contributed by atoms with Crippen molar-refractivity contribution in [2.75, 3.05) is 0 Å². The van der Waals surface area contributed by atoms with Gasteiger partial charge in [0.2, 0.25) is 0 Å². The highest BCUT2D eigenvalue weighted by Crippen LogP contribution is 2.47. The van der Waals surface area contributed by atoms with Crippen molar-refractivity contribution in [2.45, 2.75) is 38.6 Å². The van der Waals surface area contributed by atoms with Gasteiger partial charge in [-0.25, -0.2) is 0 Å². The quantitative estimate of drug-likeness (QED) is 0.643. The molecule has 1 aliphatic rings. The lowest BCUT2D eigenvalue weighted by atomic mass is 9.76. The minimum atomic E-state index is 0.237. The summed E-state index contributed by atoms with van der Waals surface area (Å²) in [6.45, 7) is 2.37. The fraction of sp³-hybridized carbons (Fsp3) is 0.412. The predicted octanol–water partition coefficient (Wildman–Crippen LogP) is 3.92. The first kappa shape index (κ1) is 12.6. The normalized spacial score (nSPS) is 19.7. The molecule has 2 aromatic rings. The first-order valence-corrected chi connectivity index (χ1v) is 7.18. The number of fused-ring (bicyclic) bond motifs is 1. The molecule has 0 aromatic heterocycles. The molecular weight excluding hydrogens is 232 g/mol. The topological polar surface area (TPSA) is 38.0 Å². The maximum absolute atomic E-state index is 5.91. The summed E-state index contributed by atoms with van der Waals surface area (Å²) in [7, 11) is 0. The molecule has 19 heavy (non-hydrogen) atoms. The van der Waals surface area contributed by atoms with Crippen LogP contribution in [0, 0.1) is 5.41 Å². The SMILES string of the molecule is CC1(C(NN)c2cccc3ccccc23)CCCC1. The Morgan fingerprint density at radius 3 is 2.47 bits per heavy atom. The monoisotopic (exact) mass is 254 g/mol. The highest BCUT2D eigenvalue weighted by atomic mass is 15.2. The standard InChI is InChI=1S/C17H22N2/c1-17(11-4-5-12-17)16(19-18)15-10-6-8-13-7-2-3-9-14(13)15/h2-3,6-10,16,19H,4-5,11-12,18H2,1H3. The minimum Gasteiger partial charge on any atom is -0.271 e. The van der Waals surface area contributed by atoms with E-state index < -0.39 is 0 Å². The molecule has 1 saturated carbocycles. The zero-order valence-corrected chi connectivity index (χ0v) is 11.5. The lowest BCUT2D eigenvalue weighted by Gasteiger charge is -2.34. The van der Waals surface area contributed by atoms with E-state index >= 15 is 0 Å². The van der Waals surface area contributed by atoms with E-state index in [1.165, 1.54) is 42.0 Å². The Labute approximate surface area is 115 Å². The Hall–Kier alpha value is -1.38. The molecule has 0 bridgehead atoms. The Kier molecular flexibility index (Phi) is 3.29. The van der Waals surface area contributed by atoms with Crippen LogP contribution in [-0.4, -0.2) is 0 Å². The molecule has 1 unspecified atom stereocenters. The van der Waals surface area contributed by atoms with Crippen molar-refractivity contribution in [3.63, 3.8) is 0 Å². The van der Waals surface area contributed by atoms with Crippen molar-refractivity contribution in [3.05, 3.63) is 48.0 Å². The molecule has 0 spiro atoms. The highest BCUT2D eigenvalue weighted by molar-refractivity contribution is 5.86. The average molecular weight is 254 g/mol. The molecule has 2 aromatic carbocycles. The zero-order chi connectivity index (χ0) is 13.3. The van der Waals surface area contributed by atoms with Crippen LogP contribution >= 0.6 is 0 Å². The Bertz CT molecular complexity index is 565. The van der Waals surface area contributed by atoms with E-state index in [1.807, 2.05) is 0 Å². The Balaban J connectivity index is 2.11. The summed E-state index contributed by atoms with van der Waals surface area (Å²) in [5.74, 6) is 5.91. The lowest BCUT2D eigenvalue weighted by molar-refractivity contribution is 0.226. The van der Waals surface area contributed by atoms with Crippen LogP contribution in [0.2, 0.25) is 0 Å². The van der Waals surface area contributed by atoms with Crippen LogP contribution in [0.4, 0.5) is 0 Å². The first-order chi connectivity index (χ1) is 9.24. The molecule has 0 radical (unpaired) electrons. The van der Waals surface area contributed by atoms with Gasteiger partial charge in [-0.1, -0.05) is 62.2 Å². The smallest absolute Gasteiger partial charge is 0.0519 e. The molecule has 3 N–H and O–H groups in total. The predicted molar refractivity (Wildman–Crippen MR) is 80.6 cm³/mol. The van der Waals surface area contributed by atoms with Crippen LogP contribution < -0.4 is 11.3 Å². The molecule has 0 saturated heterocycles. The largest absolute Gasteiger partial charge is 0.271 e. The van der Waals surface area contributed by atoms with Crippen LogP contribution in [0.3, 0.4) is 0 Å². The summed E-state index contributed by atoms with van der Waals surface area (Å²) < 4.78 is 0. The van der Waals surface area contributed by atoms with E-state index in [4.69, 9.17) is 5.84 Å². The van der Waals surface area contributed by atoms with Crippen molar-refractivity contribution in [2.24, 2.45) is 11.3 Å². The third-order valence-electron chi connectivity index (χ3n) is 4.74. The van der Waals surface area contributed by atoms with E-state index in [9.17, 15) is 0 Å². The van der Waals surface area contributed by atoms with Crippen molar-refractivity contribution in [1.82, 2.24) is 5.43 Å². The number of benzene rings is 2. The maximum Gasteiger partial charge on any atom is 0.0519 e. The van der Waals surface area contributed by atoms with Gasteiger partial charge in [-0.3, -0.25) is 11.3 Å². The molecule has 1 aliphatic carbocycles. The van der Waals surface area contributed by atoms with E-state index in [-0.39, 0.29) is 11.5 Å². The third-order valence-corrected chi connectivity index (χ3v) is 4.74. The molecule has 0 heterocycles. The molecule has 0 aliphatic heterocycles. The summed E-state index contributed by atoms with van der Waals surface area (Å²) in [5, 5.41) is 2.61. The van der Waals surface area contributed by atoms with E-state index in [1.54, 1.807) is 0 Å². The van der Waals surface area contributed by atoms with Crippen molar-refractivity contribution >= 4 is 10.8 Å². The highest BCUT2D eigenvalue weighted by Gasteiger charge is 2.37. The van der Waals surface area contributed by atoms with Gasteiger partial charge in [0.15, 0.2) is 0 Å². The summed E-state index contributed by atoms with van der Waals surface area (Å²) in [6, 6.07) is 15.3. The van der Waals surface area contributed by atoms with Gasteiger partial charge in [0.25, 0.3) is 0 Å². The van der Waals surface area contributed by atoms with E-state index in [0.717, 1.165) is 0 Å². The number of nitrogens with two attached hydrogens (primary N) is 1. The van der Waals surface area contributed by atoms with Gasteiger partial charge in [0.05, 0.1) is 6.04 Å². The molecule has 2 nitrogen and oxygen atoms in total. The first-order valence-electron chi connectivity index (χ1n) is 7.18. The summed E-state index contributed by atoms with van der Waals surface area (Å²) in [5.41, 5.74) is 4.71. The molecule has 1 fully saturated rings. The number of nitrogens with one attached hydrogen (secondary N) is 1. The second kappa shape index (κ2) is 4.95. The van der Waals surface area contributed by atoms with Crippen molar-refractivity contribution in [3.8, 4) is 0 Å². The number of hydrogen-bond acceptors (Lipinski definition) is 2. The fourth-order valence-electron chi connectivity index (χ4n) is 3.64. The molecule has 0 amide bonds. The van der Waals surface area contributed by atoms with Gasteiger partial charge < -0.3 is 0 Å². The zero-order valence-electron chi connectivity index (χ0n) is 11.5. The fourth-order valence-corrected chi connectivity index (χ4v) is 3.64. The Morgan fingerprint density at radius 1 is 1.05 bits per heavy atom. The molecule has 100 valence electrons. The van der Waals surface area contributed by atoms with Gasteiger partial charge >= 0.3 is 0 Å². The van der Waals surface area contributed by atoms with Crippen LogP contribution in [0.15, 0.2) is 42.5 Å². The minimum absolute atomic E-state index is 0.237. The number of hydrazine groups is 1. The maximum atomic E-state index is 5.91. The van der Waals surface area contributed by atoms with Crippen LogP contribution in [0.5, 0.6) is 0 Å². The molecule has 2 heteroatoms. The van der Waals surface area contributed by atoms with Crippen molar-refractivity contribution in [1.29, 1.82) is 0 Å². The van der Waals surface area contributed by atoms with Crippen LogP contribution in [0.25, 0.3) is 10.8 Å². The summed E-state index contributed by atoms with van der Waals surface area (Å²) in [6.07, 6.45) is 5.15. The molecule has 1 atom stereocenters. The van der Waals surface area contributed by atoms with Gasteiger partial charge in [-0.15, -0.1) is 0 Å². The summed E-state index contributed by atoms with van der Waals surface area (Å²) >= 11 is 0. The van der Waals surface area contributed by atoms with Crippen LogP contribution in [0.1, 0.15) is 44.2 Å². The van der Waals surface area contributed by atoms with E-state index in [2.05, 4.69) is 54.8 Å². The lowest BCUT2D eigenvalue weighted by Crippen LogP contribution is -2.38. The third kappa shape index (κ3) is 2.15. The Morgan fingerprint density at radius 2 is 1.74 bits per heavy atom. The number of hydrogen-bond donors (Lipinski definition) is 2. The van der Waals surface area contributed by atoms with Crippen molar-refractivity contribution < 1.29 is 0 Å². The van der Waals surface area contributed by atoms with Crippen LogP contribution in [-0.2, 0) is 0 Å². The second-order valence-electron chi connectivity index (χ2n) is 6.03. The number of rotatable bonds is 3. The van der Waals surface area contributed by atoms with E-state index in [0.29, 0.717) is 0 Å². The molecule has 3 rings (SSSR count). The van der Waals surface area contributed by atoms with Gasteiger partial charge in [-0.05, 0) is 34.6 Å².